The van der Waals surface area contributed by atoms with Gasteiger partial charge in [-0.05, 0) is 26.0 Å². The summed E-state index contributed by atoms with van der Waals surface area (Å²) >= 11 is 0. The van der Waals surface area contributed by atoms with E-state index in [1.54, 1.807) is 19.2 Å². The number of aryl methyl sites for hydroxylation is 2. The third-order valence-corrected chi connectivity index (χ3v) is 4.46. The van der Waals surface area contributed by atoms with Gasteiger partial charge in [-0.15, -0.1) is 0 Å². The predicted molar refractivity (Wildman–Crippen MR) is 97.3 cm³/mol. The average Bonchev–Trinajstić information content (AvgIpc) is 3.04. The van der Waals surface area contributed by atoms with Crippen LogP contribution in [0.5, 0.6) is 0 Å². The summed E-state index contributed by atoms with van der Waals surface area (Å²) in [6.07, 6.45) is 1.59. The minimum absolute atomic E-state index is 0.186. The Labute approximate surface area is 157 Å². The lowest BCUT2D eigenvalue weighted by Crippen LogP contribution is -2.58. The Kier molecular flexibility index (Phi) is 5.82. The Hall–Kier alpha value is -2.78. The molecular weight excluding hydrogens is 350 g/mol. The molecule has 1 saturated heterocycles. The van der Waals surface area contributed by atoms with Crippen LogP contribution in [-0.4, -0.2) is 59.6 Å². The van der Waals surface area contributed by atoms with E-state index >= 15 is 0 Å². The largest absolute Gasteiger partial charge is 0.380 e. The van der Waals surface area contributed by atoms with Gasteiger partial charge in [0.15, 0.2) is 5.69 Å². The average molecular weight is 373 g/mol. The highest BCUT2D eigenvalue weighted by molar-refractivity contribution is 6.01. The topological polar surface area (TPSA) is 110 Å². The van der Waals surface area contributed by atoms with Gasteiger partial charge in [-0.2, -0.15) is 0 Å². The zero-order chi connectivity index (χ0) is 19.4. The molecule has 1 aliphatic rings. The number of carbonyl (C=O) groups is 2. The summed E-state index contributed by atoms with van der Waals surface area (Å²) in [5, 5.41) is 9.86. The summed E-state index contributed by atoms with van der Waals surface area (Å²) in [5.74, 6) is -0.0978. The van der Waals surface area contributed by atoms with Gasteiger partial charge in [0, 0.05) is 32.4 Å². The van der Waals surface area contributed by atoms with Crippen LogP contribution in [0.3, 0.4) is 0 Å². The number of aromatic nitrogens is 2. The van der Waals surface area contributed by atoms with Gasteiger partial charge in [0.25, 0.3) is 5.91 Å². The highest BCUT2D eigenvalue weighted by atomic mass is 16.5. The normalized spacial score (nSPS) is 17.0. The molecule has 1 fully saturated rings. The molecule has 144 valence electrons. The number of rotatable bonds is 5. The second-order valence-electron chi connectivity index (χ2n) is 6.39. The van der Waals surface area contributed by atoms with Crippen LogP contribution in [0.4, 0.5) is 5.69 Å². The lowest BCUT2D eigenvalue weighted by molar-refractivity contribution is -0.121. The first kappa shape index (κ1) is 19.0. The van der Waals surface area contributed by atoms with Crippen LogP contribution in [0.1, 0.15) is 27.5 Å². The number of hydrogen-bond donors (Lipinski definition) is 2. The first-order valence-electron chi connectivity index (χ1n) is 8.70. The summed E-state index contributed by atoms with van der Waals surface area (Å²) in [6.45, 7) is 5.15. The van der Waals surface area contributed by atoms with E-state index < -0.39 is 6.04 Å². The summed E-state index contributed by atoms with van der Waals surface area (Å²) in [4.78, 5) is 31.5. The highest BCUT2D eigenvalue weighted by Gasteiger charge is 2.35. The van der Waals surface area contributed by atoms with Gasteiger partial charge in [-0.3, -0.25) is 14.6 Å². The van der Waals surface area contributed by atoms with Crippen LogP contribution < -0.4 is 10.6 Å². The Morgan fingerprint density at radius 2 is 2.22 bits per heavy atom. The van der Waals surface area contributed by atoms with Gasteiger partial charge in [-0.1, -0.05) is 5.16 Å². The molecule has 27 heavy (non-hydrogen) atoms. The molecule has 1 unspecified atom stereocenters. The number of pyridine rings is 1. The van der Waals surface area contributed by atoms with E-state index in [1.165, 1.54) is 12.0 Å². The Morgan fingerprint density at radius 3 is 2.93 bits per heavy atom. The van der Waals surface area contributed by atoms with E-state index in [0.717, 1.165) is 5.69 Å². The predicted octanol–water partition coefficient (Wildman–Crippen LogP) is 0.886. The van der Waals surface area contributed by atoms with Crippen molar-refractivity contribution in [1.29, 1.82) is 0 Å². The molecule has 2 aromatic rings. The molecule has 0 aliphatic carbocycles. The van der Waals surface area contributed by atoms with Gasteiger partial charge >= 0.3 is 0 Å². The Balaban J connectivity index is 1.79. The van der Waals surface area contributed by atoms with Gasteiger partial charge in [-0.25, -0.2) is 0 Å². The molecular formula is C18H23N5O4. The smallest absolute Gasteiger partial charge is 0.277 e. The quantitative estimate of drug-likeness (QED) is 0.801. The fourth-order valence-electron chi connectivity index (χ4n) is 2.96. The molecule has 2 amide bonds. The third-order valence-electron chi connectivity index (χ3n) is 4.46. The van der Waals surface area contributed by atoms with Crippen molar-refractivity contribution < 1.29 is 18.8 Å². The maximum Gasteiger partial charge on any atom is 0.277 e. The van der Waals surface area contributed by atoms with Gasteiger partial charge < -0.3 is 24.8 Å². The van der Waals surface area contributed by atoms with Gasteiger partial charge in [0.2, 0.25) is 5.91 Å². The Bertz CT molecular complexity index is 818. The van der Waals surface area contributed by atoms with E-state index in [0.29, 0.717) is 36.6 Å². The number of hydrogen-bond acceptors (Lipinski definition) is 7. The van der Waals surface area contributed by atoms with Crippen molar-refractivity contribution in [2.24, 2.45) is 0 Å². The van der Waals surface area contributed by atoms with Crippen LogP contribution >= 0.6 is 0 Å². The molecule has 1 atom stereocenters. The van der Waals surface area contributed by atoms with E-state index in [1.807, 2.05) is 13.0 Å². The Morgan fingerprint density at radius 1 is 1.41 bits per heavy atom. The first-order chi connectivity index (χ1) is 13.0. The van der Waals surface area contributed by atoms with Crippen molar-refractivity contribution in [2.75, 3.05) is 32.1 Å². The standard InChI is InChI=1S/C18H23N5O4/c1-11-4-5-13(8-20-11)21-17(24)15-9-19-6-7-23(15)18(25)16-14(10-26-3)12(2)27-22-16/h4-5,8,15,19H,6-7,9-10H2,1-3H3,(H,21,24). The summed E-state index contributed by atoms with van der Waals surface area (Å²) in [5.41, 5.74) is 2.23. The van der Waals surface area contributed by atoms with Crippen LogP contribution in [0.15, 0.2) is 22.9 Å². The van der Waals surface area contributed by atoms with Crippen LogP contribution in [0.2, 0.25) is 0 Å². The maximum atomic E-state index is 13.0. The van der Waals surface area contributed by atoms with Crippen molar-refractivity contribution >= 4 is 17.5 Å². The van der Waals surface area contributed by atoms with E-state index in [4.69, 9.17) is 9.26 Å². The van der Waals surface area contributed by atoms with Crippen LogP contribution in [0.25, 0.3) is 0 Å². The van der Waals surface area contributed by atoms with Crippen molar-refractivity contribution in [3.8, 4) is 0 Å². The summed E-state index contributed by atoms with van der Waals surface area (Å²) in [7, 11) is 1.54. The summed E-state index contributed by atoms with van der Waals surface area (Å²) < 4.78 is 10.3. The zero-order valence-electron chi connectivity index (χ0n) is 15.6. The molecule has 0 aromatic carbocycles. The van der Waals surface area contributed by atoms with Crippen LogP contribution in [0, 0.1) is 13.8 Å². The fraction of sp³-hybridized carbons (Fsp3) is 0.444. The molecule has 0 saturated carbocycles. The molecule has 3 heterocycles. The minimum atomic E-state index is -0.667. The molecule has 0 bridgehead atoms. The number of piperazine rings is 1. The maximum absolute atomic E-state index is 13.0. The van der Waals surface area contributed by atoms with Crippen molar-refractivity contribution in [3.63, 3.8) is 0 Å². The van der Waals surface area contributed by atoms with Crippen molar-refractivity contribution in [3.05, 3.63) is 41.0 Å². The van der Waals surface area contributed by atoms with Crippen molar-refractivity contribution in [1.82, 2.24) is 20.4 Å². The van der Waals surface area contributed by atoms with Gasteiger partial charge in [0.05, 0.1) is 24.1 Å². The summed E-state index contributed by atoms with van der Waals surface area (Å²) in [6, 6.07) is 2.92. The molecule has 9 nitrogen and oxygen atoms in total. The number of methoxy groups -OCH3 is 1. The van der Waals surface area contributed by atoms with Crippen molar-refractivity contribution in [2.45, 2.75) is 26.5 Å². The number of ether oxygens (including phenoxy) is 1. The molecule has 3 rings (SSSR count). The first-order valence-corrected chi connectivity index (χ1v) is 8.70. The molecule has 2 aromatic heterocycles. The number of anilines is 1. The van der Waals surface area contributed by atoms with E-state index in [2.05, 4.69) is 20.8 Å². The number of nitrogens with one attached hydrogen (secondary N) is 2. The third kappa shape index (κ3) is 4.15. The fourth-order valence-corrected chi connectivity index (χ4v) is 2.96. The molecule has 9 heteroatoms. The lowest BCUT2D eigenvalue weighted by Gasteiger charge is -2.34. The zero-order valence-corrected chi connectivity index (χ0v) is 15.6. The molecule has 1 aliphatic heterocycles. The molecule has 0 radical (unpaired) electrons. The second-order valence-corrected chi connectivity index (χ2v) is 6.39. The molecule has 2 N–H and O–H groups in total. The van der Waals surface area contributed by atoms with Gasteiger partial charge in [0.1, 0.15) is 11.8 Å². The van der Waals surface area contributed by atoms with E-state index in [9.17, 15) is 9.59 Å². The second kappa shape index (κ2) is 8.28. The minimum Gasteiger partial charge on any atom is -0.380 e. The number of nitrogens with zero attached hydrogens (tertiary/aromatic N) is 3. The molecule has 0 spiro atoms. The van der Waals surface area contributed by atoms with Crippen LogP contribution in [-0.2, 0) is 16.1 Å². The highest BCUT2D eigenvalue weighted by Crippen LogP contribution is 2.19. The number of carbonyl (C=O) groups excluding carboxylic acids is 2. The number of amides is 2. The SMILES string of the molecule is COCc1c(C(=O)N2CCNCC2C(=O)Nc2ccc(C)nc2)noc1C. The monoisotopic (exact) mass is 373 g/mol. The lowest BCUT2D eigenvalue weighted by atomic mass is 10.1. The van der Waals surface area contributed by atoms with E-state index in [-0.39, 0.29) is 24.1 Å².